The summed E-state index contributed by atoms with van der Waals surface area (Å²) in [5, 5.41) is 11.6. The minimum Gasteiger partial charge on any atom is -0.500 e. The summed E-state index contributed by atoms with van der Waals surface area (Å²) in [6.45, 7) is -1.15. The fourth-order valence-corrected chi connectivity index (χ4v) is 6.63. The van der Waals surface area contributed by atoms with Crippen molar-refractivity contribution in [3.8, 4) is 50.8 Å². The van der Waals surface area contributed by atoms with Gasteiger partial charge in [-0.2, -0.15) is 5.26 Å². The molecule has 0 saturated carbocycles. The molecule has 0 amide bonds. The molecule has 5 aromatic carbocycles. The van der Waals surface area contributed by atoms with Crippen LogP contribution in [0.2, 0.25) is 0 Å². The van der Waals surface area contributed by atoms with Crippen molar-refractivity contribution in [3.63, 3.8) is 0 Å². The normalized spacial score (nSPS) is 16.4. The first-order valence-corrected chi connectivity index (χ1v) is 18.3. The fourth-order valence-electron chi connectivity index (χ4n) is 6.63. The van der Waals surface area contributed by atoms with Crippen molar-refractivity contribution >= 4 is 21.9 Å². The largest absolute Gasteiger partial charge is 0.500 e. The van der Waals surface area contributed by atoms with E-state index in [1.165, 1.54) is 48.8 Å². The van der Waals surface area contributed by atoms with Crippen molar-refractivity contribution in [2.24, 2.45) is 5.41 Å². The zero-order valence-corrected chi connectivity index (χ0v) is 34.9. The van der Waals surface area contributed by atoms with Crippen LogP contribution in [0.25, 0.3) is 66.7 Å². The van der Waals surface area contributed by atoms with E-state index in [4.69, 9.17) is 25.0 Å². The van der Waals surface area contributed by atoms with Crippen molar-refractivity contribution in [2.75, 3.05) is 0 Å². The van der Waals surface area contributed by atoms with Crippen LogP contribution in [0.4, 0.5) is 0 Å². The van der Waals surface area contributed by atoms with E-state index in [-0.39, 0.29) is 70.8 Å². The van der Waals surface area contributed by atoms with Gasteiger partial charge in [-0.05, 0) is 102 Å². The van der Waals surface area contributed by atoms with Gasteiger partial charge in [0.15, 0.2) is 0 Å². The van der Waals surface area contributed by atoms with Crippen molar-refractivity contribution < 1.29 is 45.1 Å². The van der Waals surface area contributed by atoms with Crippen LogP contribution >= 0.6 is 0 Å². The van der Waals surface area contributed by atoms with Gasteiger partial charge in [-0.3, -0.25) is 0 Å². The smallest absolute Gasteiger partial charge is 0.129 e. The molecule has 0 spiro atoms. The standard InChI is InChI=1S/C40H37N2O.C13H12N.Ir/c1-25-20-27(22-39(3,4)5)16-17-29(25)33-21-35(42-23-26(33)2)32-15-11-14-30-31-18-19-34(40(6,7)24-41)36(38(31)43-37(30)32)28-12-9-8-10-13-28;1-10-3-6-12(7-4-10)13-8-5-11(2)9-14-13;/h8-14,16-21,23H,22H2,1-7H3;3-6,8-9H,1-2H3;/q2*-1;/i1D3,2D3,17D,22D2;1D3,2D3;. The summed E-state index contributed by atoms with van der Waals surface area (Å²) in [5.41, 5.74) is 2.96. The number of pyridine rings is 2. The number of aromatic nitrogens is 2. The molecule has 1 radical (unpaired) electrons. The summed E-state index contributed by atoms with van der Waals surface area (Å²) >= 11 is 0. The summed E-state index contributed by atoms with van der Waals surface area (Å²) in [7, 11) is 0. The number of hydrogen-bond donors (Lipinski definition) is 0. The van der Waals surface area contributed by atoms with Gasteiger partial charge in [0.1, 0.15) is 5.58 Å². The summed E-state index contributed by atoms with van der Waals surface area (Å²) in [4.78, 5) is 8.60. The van der Waals surface area contributed by atoms with Gasteiger partial charge < -0.3 is 14.4 Å². The number of hydrogen-bond acceptors (Lipinski definition) is 4. The van der Waals surface area contributed by atoms with Crippen molar-refractivity contribution in [1.29, 1.82) is 5.26 Å². The Hall–Kier alpha value is -5.66. The minimum absolute atomic E-state index is 0. The van der Waals surface area contributed by atoms with Crippen LogP contribution in [0.3, 0.4) is 0 Å². The van der Waals surface area contributed by atoms with Crippen molar-refractivity contribution in [1.82, 2.24) is 9.97 Å². The SMILES string of the molecule is [2H]C([2H])([2H])c1c[c-]c(-c2ccc(C([2H])([2H])[2H])cn2)cc1.[2H]c1cc(C([2H])([2H])C(C)(C)C)cc(C([2H])([2H])[2H])c1-c1cc(-c2[c-]ccc3c2oc2c(-c4ccccc4)c(C(C)(C)C#N)ccc23)ncc1C([2H])([2H])[2H].[Ir]. The van der Waals surface area contributed by atoms with Gasteiger partial charge in [-0.15, -0.1) is 53.6 Å². The molecule has 0 fully saturated rings. The van der Waals surface area contributed by atoms with Gasteiger partial charge in [-0.25, -0.2) is 0 Å². The Balaban J connectivity index is 0.000000347. The number of nitriles is 1. The number of fused-ring (bicyclic) bond motifs is 3. The summed E-state index contributed by atoms with van der Waals surface area (Å²) in [5.74, 6) is 0. The van der Waals surface area contributed by atoms with E-state index in [1.807, 2.05) is 62.4 Å². The molecule has 0 aliphatic heterocycles. The number of benzene rings is 5. The van der Waals surface area contributed by atoms with Gasteiger partial charge in [-0.1, -0.05) is 117 Å². The second kappa shape index (κ2) is 17.1. The molecule has 293 valence electrons. The molecule has 0 aliphatic rings. The van der Waals surface area contributed by atoms with Gasteiger partial charge in [0.2, 0.25) is 0 Å². The molecule has 3 aromatic heterocycles. The Morgan fingerprint density at radius 2 is 1.52 bits per heavy atom. The topological polar surface area (TPSA) is 62.7 Å². The van der Waals surface area contributed by atoms with Crippen LogP contribution in [-0.2, 0) is 31.9 Å². The minimum atomic E-state index is -2.82. The van der Waals surface area contributed by atoms with Crippen LogP contribution in [-0.4, -0.2) is 9.97 Å². The Morgan fingerprint density at radius 3 is 2.19 bits per heavy atom. The van der Waals surface area contributed by atoms with Gasteiger partial charge >= 0.3 is 0 Å². The summed E-state index contributed by atoms with van der Waals surface area (Å²) in [6, 6.07) is 36.7. The molecule has 0 aliphatic carbocycles. The number of rotatable bonds is 6. The molecule has 8 rings (SSSR count). The molecule has 4 nitrogen and oxygen atoms in total. The number of furan rings is 1. The van der Waals surface area contributed by atoms with Gasteiger partial charge in [0, 0.05) is 62.6 Å². The van der Waals surface area contributed by atoms with Crippen LogP contribution in [0.15, 0.2) is 126 Å². The van der Waals surface area contributed by atoms with E-state index in [0.717, 1.165) is 27.5 Å². The fraction of sp³-hybridized carbons (Fsp3) is 0.226. The predicted molar refractivity (Wildman–Crippen MR) is 236 cm³/mol. The quantitative estimate of drug-likeness (QED) is 0.156. The van der Waals surface area contributed by atoms with E-state index < -0.39 is 44.6 Å². The average molecular weight is 951 g/mol. The molecule has 3 heterocycles. The molecule has 5 heteroatoms. The Kier molecular flexibility index (Phi) is 7.75. The molecule has 0 bridgehead atoms. The second-order valence-corrected chi connectivity index (χ2v) is 15.3. The van der Waals surface area contributed by atoms with Crippen LogP contribution in [0, 0.1) is 56.3 Å². The monoisotopic (exact) mass is 951 g/mol. The van der Waals surface area contributed by atoms with E-state index in [9.17, 15) is 5.26 Å². The van der Waals surface area contributed by atoms with Crippen LogP contribution in [0.5, 0.6) is 0 Å². The van der Waals surface area contributed by atoms with Crippen molar-refractivity contribution in [2.45, 2.75) is 73.8 Å². The maximum Gasteiger partial charge on any atom is 0.129 e. The molecule has 0 N–H and O–H groups in total. The summed E-state index contributed by atoms with van der Waals surface area (Å²) < 4.78 is 127. The third kappa shape index (κ3) is 8.90. The van der Waals surface area contributed by atoms with Crippen LogP contribution in [0.1, 0.15) is 88.6 Å². The van der Waals surface area contributed by atoms with E-state index in [1.54, 1.807) is 39.0 Å². The zero-order chi connectivity index (χ0) is 53.1. The Labute approximate surface area is 378 Å². The van der Waals surface area contributed by atoms with E-state index >= 15 is 0 Å². The van der Waals surface area contributed by atoms with Crippen molar-refractivity contribution in [3.05, 3.63) is 167 Å². The first-order valence-electron chi connectivity index (χ1n) is 25.8. The molecular formula is C53H49IrN3O-2. The third-order valence-electron chi connectivity index (χ3n) is 9.36. The first-order chi connectivity index (χ1) is 33.3. The number of nitrogens with zero attached hydrogens (tertiary/aromatic N) is 3. The maximum absolute atomic E-state index is 10.1. The van der Waals surface area contributed by atoms with Crippen LogP contribution < -0.4 is 0 Å². The summed E-state index contributed by atoms with van der Waals surface area (Å²) in [6.07, 6.45) is 0.458. The second-order valence-electron chi connectivity index (χ2n) is 15.3. The Bertz CT molecular complexity index is 3290. The van der Waals surface area contributed by atoms with E-state index in [2.05, 4.69) is 28.2 Å². The first kappa shape index (κ1) is 26.4. The molecule has 0 unspecified atom stereocenters. The third-order valence-corrected chi connectivity index (χ3v) is 9.36. The molecule has 0 saturated heterocycles. The van der Waals surface area contributed by atoms with E-state index in [0.29, 0.717) is 28.0 Å². The average Bonchev–Trinajstić information content (AvgIpc) is 3.69. The maximum atomic E-state index is 10.1. The zero-order valence-electron chi connectivity index (χ0n) is 47.6. The molecule has 58 heavy (non-hydrogen) atoms. The number of aryl methyl sites for hydroxylation is 4. The predicted octanol–water partition coefficient (Wildman–Crippen LogP) is 14.0. The van der Waals surface area contributed by atoms with Gasteiger partial charge in [0.05, 0.1) is 18.4 Å². The van der Waals surface area contributed by atoms with Gasteiger partial charge in [0.25, 0.3) is 0 Å². The molecule has 0 atom stereocenters. The Morgan fingerprint density at radius 1 is 0.759 bits per heavy atom. The molecular weight excluding hydrogens is 887 g/mol. The molecule has 8 aromatic rings.